The van der Waals surface area contributed by atoms with Crippen molar-refractivity contribution < 1.29 is 35.1 Å². The van der Waals surface area contributed by atoms with Crippen LogP contribution in [0.25, 0.3) is 11.1 Å². The number of anilines is 2. The van der Waals surface area contributed by atoms with Crippen LogP contribution in [0.3, 0.4) is 0 Å². The Labute approximate surface area is 260 Å². The smallest absolute Gasteiger partial charge is 0.366 e. The fourth-order valence-corrected chi connectivity index (χ4v) is 5.96. The van der Waals surface area contributed by atoms with Crippen LogP contribution in [-0.2, 0) is 32.4 Å². The summed E-state index contributed by atoms with van der Waals surface area (Å²) in [6, 6.07) is 5.51. The Morgan fingerprint density at radius 2 is 1.54 bits per heavy atom. The van der Waals surface area contributed by atoms with E-state index in [1.165, 1.54) is 24.5 Å². The molecule has 2 aromatic carbocycles. The first-order valence-electron chi connectivity index (χ1n) is 14.7. The third-order valence-electron chi connectivity index (χ3n) is 8.28. The maximum atomic E-state index is 13.7. The standard InChI is InChI=1S/C32H32F8N6/c1-4-20-10-21(29(33)34)6-7-28(20)45-18-27(12-26(45)5-2)46(30-41-13-22(14-42-30)23-15-43-44(3)17-23)16-19-8-24(31(35,36)37)11-25(9-19)32(38,39)40/h6-11,13-15,17,26-27,29H,4-5,12,16,18H2,1-3H3. The minimum atomic E-state index is -5.00. The summed E-state index contributed by atoms with van der Waals surface area (Å²) in [4.78, 5) is 12.7. The summed E-state index contributed by atoms with van der Waals surface area (Å²) in [5.74, 6) is 0.129. The lowest BCUT2D eigenvalue weighted by Crippen LogP contribution is -2.38. The van der Waals surface area contributed by atoms with Crippen LogP contribution in [0.2, 0.25) is 0 Å². The first kappa shape index (κ1) is 33.1. The van der Waals surface area contributed by atoms with Crippen molar-refractivity contribution in [2.75, 3.05) is 16.3 Å². The molecule has 0 bridgehead atoms. The van der Waals surface area contributed by atoms with Crippen LogP contribution < -0.4 is 9.80 Å². The van der Waals surface area contributed by atoms with Gasteiger partial charge in [-0.15, -0.1) is 0 Å². The number of aryl methyl sites for hydroxylation is 2. The number of alkyl halides is 8. The lowest BCUT2D eigenvalue weighted by Gasteiger charge is -2.31. The molecule has 5 rings (SSSR count). The molecule has 1 aliphatic rings. The first-order chi connectivity index (χ1) is 21.7. The van der Waals surface area contributed by atoms with Crippen molar-refractivity contribution in [3.8, 4) is 11.1 Å². The molecule has 14 heteroatoms. The van der Waals surface area contributed by atoms with Gasteiger partial charge in [-0.25, -0.2) is 18.7 Å². The lowest BCUT2D eigenvalue weighted by atomic mass is 10.0. The van der Waals surface area contributed by atoms with E-state index in [0.717, 1.165) is 11.3 Å². The van der Waals surface area contributed by atoms with Gasteiger partial charge in [0.25, 0.3) is 6.43 Å². The highest BCUT2D eigenvalue weighted by molar-refractivity contribution is 5.61. The molecule has 46 heavy (non-hydrogen) atoms. The molecule has 4 aromatic rings. The van der Waals surface area contributed by atoms with E-state index in [2.05, 4.69) is 20.0 Å². The number of aromatic nitrogens is 4. The van der Waals surface area contributed by atoms with Gasteiger partial charge in [-0.2, -0.15) is 31.4 Å². The highest BCUT2D eigenvalue weighted by atomic mass is 19.4. The molecule has 246 valence electrons. The summed E-state index contributed by atoms with van der Waals surface area (Å²) >= 11 is 0. The number of hydrogen-bond donors (Lipinski definition) is 0. The molecular formula is C32H32F8N6. The van der Waals surface area contributed by atoms with Gasteiger partial charge in [-0.05, 0) is 60.7 Å². The van der Waals surface area contributed by atoms with Crippen molar-refractivity contribution in [1.82, 2.24) is 19.7 Å². The molecule has 1 saturated heterocycles. The van der Waals surface area contributed by atoms with Gasteiger partial charge in [0.15, 0.2) is 0 Å². The van der Waals surface area contributed by atoms with Crippen LogP contribution in [-0.4, -0.2) is 38.4 Å². The minimum Gasteiger partial charge on any atom is -0.366 e. The molecule has 0 aliphatic carbocycles. The van der Waals surface area contributed by atoms with Gasteiger partial charge >= 0.3 is 12.4 Å². The van der Waals surface area contributed by atoms with Crippen molar-refractivity contribution in [1.29, 1.82) is 0 Å². The highest BCUT2D eigenvalue weighted by Crippen LogP contribution is 2.39. The van der Waals surface area contributed by atoms with Gasteiger partial charge in [-0.3, -0.25) is 4.68 Å². The number of benzene rings is 2. The quantitative estimate of drug-likeness (QED) is 0.170. The summed E-state index contributed by atoms with van der Waals surface area (Å²) < 4.78 is 111. The molecule has 0 spiro atoms. The van der Waals surface area contributed by atoms with Gasteiger partial charge in [0.05, 0.1) is 23.4 Å². The molecule has 1 aliphatic heterocycles. The molecule has 1 fully saturated rings. The summed E-state index contributed by atoms with van der Waals surface area (Å²) in [5.41, 5.74) is -0.289. The van der Waals surface area contributed by atoms with Gasteiger partial charge < -0.3 is 9.80 Å². The van der Waals surface area contributed by atoms with Crippen LogP contribution in [0.1, 0.15) is 60.9 Å². The molecule has 2 atom stereocenters. The van der Waals surface area contributed by atoms with Gasteiger partial charge in [0.2, 0.25) is 5.95 Å². The number of nitrogens with zero attached hydrogens (tertiary/aromatic N) is 6. The predicted molar refractivity (Wildman–Crippen MR) is 157 cm³/mol. The van der Waals surface area contributed by atoms with E-state index in [4.69, 9.17) is 0 Å². The number of halogens is 8. The zero-order valence-corrected chi connectivity index (χ0v) is 25.2. The zero-order valence-electron chi connectivity index (χ0n) is 25.2. The average Bonchev–Trinajstić information content (AvgIpc) is 3.65. The molecular weight excluding hydrogens is 620 g/mol. The van der Waals surface area contributed by atoms with Crippen molar-refractivity contribution in [3.05, 3.63) is 89.0 Å². The van der Waals surface area contributed by atoms with Gasteiger partial charge in [0, 0.05) is 67.1 Å². The zero-order chi connectivity index (χ0) is 33.4. The summed E-state index contributed by atoms with van der Waals surface area (Å²) in [5, 5.41) is 4.13. The van der Waals surface area contributed by atoms with E-state index in [-0.39, 0.29) is 35.7 Å². The summed E-state index contributed by atoms with van der Waals surface area (Å²) in [7, 11) is 1.74. The Balaban J connectivity index is 1.56. The second-order valence-electron chi connectivity index (χ2n) is 11.4. The van der Waals surface area contributed by atoms with E-state index in [1.807, 2.05) is 13.8 Å². The molecule has 0 saturated carbocycles. The fourth-order valence-electron chi connectivity index (χ4n) is 5.96. The maximum absolute atomic E-state index is 13.7. The van der Waals surface area contributed by atoms with Crippen molar-refractivity contribution in [3.63, 3.8) is 0 Å². The fraction of sp³-hybridized carbons (Fsp3) is 0.406. The Bertz CT molecular complexity index is 1620. The topological polar surface area (TPSA) is 50.1 Å². The first-order valence-corrected chi connectivity index (χ1v) is 14.7. The monoisotopic (exact) mass is 652 g/mol. The Morgan fingerprint density at radius 3 is 2.07 bits per heavy atom. The van der Waals surface area contributed by atoms with Crippen molar-refractivity contribution in [2.45, 2.75) is 70.5 Å². The third kappa shape index (κ3) is 7.10. The van der Waals surface area contributed by atoms with Crippen LogP contribution >= 0.6 is 0 Å². The Hall–Kier alpha value is -4.23. The Morgan fingerprint density at radius 1 is 0.891 bits per heavy atom. The molecule has 2 aromatic heterocycles. The SMILES string of the molecule is CCc1cc(C(F)F)ccc1N1CC(N(Cc2cc(C(F)(F)F)cc(C(F)(F)F)c2)c2ncc(-c3cnn(C)c3)cn2)CC1CC. The van der Waals surface area contributed by atoms with Crippen LogP contribution in [0.15, 0.2) is 61.2 Å². The largest absolute Gasteiger partial charge is 0.416 e. The van der Waals surface area contributed by atoms with E-state index >= 15 is 0 Å². The van der Waals surface area contributed by atoms with Crippen LogP contribution in [0.4, 0.5) is 46.8 Å². The van der Waals surface area contributed by atoms with E-state index < -0.39 is 35.9 Å². The molecule has 2 unspecified atom stereocenters. The van der Waals surface area contributed by atoms with Crippen LogP contribution in [0, 0.1) is 0 Å². The molecule has 3 heterocycles. The highest BCUT2D eigenvalue weighted by Gasteiger charge is 2.39. The third-order valence-corrected chi connectivity index (χ3v) is 8.28. The van der Waals surface area contributed by atoms with Gasteiger partial charge in [-0.1, -0.05) is 19.9 Å². The van der Waals surface area contributed by atoms with Crippen molar-refractivity contribution >= 4 is 11.6 Å². The molecule has 0 radical (unpaired) electrons. The minimum absolute atomic E-state index is 0.0860. The van der Waals surface area contributed by atoms with E-state index in [9.17, 15) is 35.1 Å². The maximum Gasteiger partial charge on any atom is 0.416 e. The lowest BCUT2D eigenvalue weighted by molar-refractivity contribution is -0.143. The number of rotatable bonds is 9. The van der Waals surface area contributed by atoms with Crippen molar-refractivity contribution in [2.24, 2.45) is 7.05 Å². The van der Waals surface area contributed by atoms with Crippen LogP contribution in [0.5, 0.6) is 0 Å². The molecule has 0 N–H and O–H groups in total. The average molecular weight is 653 g/mol. The van der Waals surface area contributed by atoms with E-state index in [0.29, 0.717) is 49.1 Å². The van der Waals surface area contributed by atoms with E-state index in [1.54, 1.807) is 35.1 Å². The Kier molecular flexibility index (Phi) is 9.28. The normalized spacial score (nSPS) is 17.3. The molecule has 6 nitrogen and oxygen atoms in total. The second-order valence-corrected chi connectivity index (χ2v) is 11.4. The summed E-state index contributed by atoms with van der Waals surface area (Å²) in [6.07, 6.45) is -4.58. The molecule has 0 amide bonds. The predicted octanol–water partition coefficient (Wildman–Crippen LogP) is 8.48. The summed E-state index contributed by atoms with van der Waals surface area (Å²) in [6.45, 7) is 3.81. The van der Waals surface area contributed by atoms with Gasteiger partial charge in [0.1, 0.15) is 0 Å². The second kappa shape index (κ2) is 12.9. The number of hydrogen-bond acceptors (Lipinski definition) is 5.